The monoisotopic (exact) mass is 467 g/mol. The van der Waals surface area contributed by atoms with Gasteiger partial charge in [-0.3, -0.25) is 4.79 Å². The summed E-state index contributed by atoms with van der Waals surface area (Å²) in [4.78, 5) is 12.3. The standard InChI is InChI=1S/C14H9Br2Cl2NO3/c1-22-13-8(15)2-6(3-9(13)16)14(21)19-7-4-10(17)12(20)11(18)5-7/h2-5,20H,1H3,(H,19,21). The second-order valence-corrected chi connectivity index (χ2v) is 6.74. The normalized spacial score (nSPS) is 10.4. The summed E-state index contributed by atoms with van der Waals surface area (Å²) in [6.45, 7) is 0. The Balaban J connectivity index is 2.30. The van der Waals surface area contributed by atoms with Crippen LogP contribution in [0.4, 0.5) is 5.69 Å². The van der Waals surface area contributed by atoms with Crippen LogP contribution in [-0.4, -0.2) is 18.1 Å². The number of methoxy groups -OCH3 is 1. The molecule has 0 unspecified atom stereocenters. The van der Waals surface area contributed by atoms with Gasteiger partial charge in [-0.05, 0) is 56.1 Å². The number of aromatic hydroxyl groups is 1. The average molecular weight is 470 g/mol. The van der Waals surface area contributed by atoms with Crippen LogP contribution >= 0.6 is 55.1 Å². The van der Waals surface area contributed by atoms with E-state index in [2.05, 4.69) is 37.2 Å². The lowest BCUT2D eigenvalue weighted by Crippen LogP contribution is -2.12. The maximum Gasteiger partial charge on any atom is 0.255 e. The van der Waals surface area contributed by atoms with Crippen molar-refractivity contribution in [2.75, 3.05) is 12.4 Å². The third-order valence-electron chi connectivity index (χ3n) is 2.74. The molecule has 22 heavy (non-hydrogen) atoms. The third-order valence-corrected chi connectivity index (χ3v) is 4.49. The molecule has 2 aromatic carbocycles. The van der Waals surface area contributed by atoms with Crippen LogP contribution in [0.5, 0.6) is 11.5 Å². The third kappa shape index (κ3) is 3.68. The van der Waals surface area contributed by atoms with Gasteiger partial charge in [-0.25, -0.2) is 0 Å². The van der Waals surface area contributed by atoms with Gasteiger partial charge >= 0.3 is 0 Å². The molecule has 0 radical (unpaired) electrons. The predicted molar refractivity (Wildman–Crippen MR) is 94.5 cm³/mol. The number of ether oxygens (including phenoxy) is 1. The van der Waals surface area contributed by atoms with Gasteiger partial charge in [0.15, 0.2) is 5.75 Å². The summed E-state index contributed by atoms with van der Waals surface area (Å²) in [5, 5.41) is 12.3. The minimum absolute atomic E-state index is 0.0555. The molecule has 0 bridgehead atoms. The molecule has 8 heteroatoms. The van der Waals surface area contributed by atoms with Crippen molar-refractivity contribution in [1.29, 1.82) is 0 Å². The van der Waals surface area contributed by atoms with E-state index in [0.29, 0.717) is 25.9 Å². The topological polar surface area (TPSA) is 58.6 Å². The van der Waals surface area contributed by atoms with E-state index in [-0.39, 0.29) is 21.7 Å². The number of halogens is 4. The molecule has 0 saturated carbocycles. The lowest BCUT2D eigenvalue weighted by atomic mass is 10.2. The molecular formula is C14H9Br2Cl2NO3. The first-order valence-corrected chi connectivity index (χ1v) is 8.20. The molecule has 0 saturated heterocycles. The van der Waals surface area contributed by atoms with Crippen LogP contribution in [0, 0.1) is 0 Å². The maximum absolute atomic E-state index is 12.3. The first kappa shape index (κ1) is 17.4. The number of phenols is 1. The van der Waals surface area contributed by atoms with Gasteiger partial charge in [0.1, 0.15) is 5.75 Å². The summed E-state index contributed by atoms with van der Waals surface area (Å²) >= 11 is 18.3. The SMILES string of the molecule is COc1c(Br)cc(C(=O)Nc2cc(Cl)c(O)c(Cl)c2)cc1Br. The maximum atomic E-state index is 12.3. The van der Waals surface area contributed by atoms with Crippen LogP contribution in [0.3, 0.4) is 0 Å². The van der Waals surface area contributed by atoms with Crippen LogP contribution < -0.4 is 10.1 Å². The quantitative estimate of drug-likeness (QED) is 0.585. The Morgan fingerprint density at radius 3 is 2.09 bits per heavy atom. The summed E-state index contributed by atoms with van der Waals surface area (Å²) in [6, 6.07) is 6.08. The van der Waals surface area contributed by atoms with Gasteiger partial charge in [0.25, 0.3) is 5.91 Å². The second kappa shape index (κ2) is 7.08. The fourth-order valence-corrected chi connectivity index (χ4v) is 3.72. The molecule has 0 heterocycles. The molecule has 2 N–H and O–H groups in total. The number of phenolic OH excluding ortho intramolecular Hbond substituents is 1. The Hall–Kier alpha value is -0.950. The van der Waals surface area contributed by atoms with Crippen molar-refractivity contribution < 1.29 is 14.6 Å². The second-order valence-electron chi connectivity index (χ2n) is 4.22. The number of hydrogen-bond donors (Lipinski definition) is 2. The lowest BCUT2D eigenvalue weighted by Gasteiger charge is -2.11. The average Bonchev–Trinajstić information content (AvgIpc) is 2.44. The molecule has 0 aliphatic heterocycles. The molecule has 2 rings (SSSR count). The van der Waals surface area contributed by atoms with E-state index in [4.69, 9.17) is 27.9 Å². The van der Waals surface area contributed by atoms with Crippen LogP contribution in [0.2, 0.25) is 10.0 Å². The molecule has 4 nitrogen and oxygen atoms in total. The van der Waals surface area contributed by atoms with Crippen molar-refractivity contribution in [1.82, 2.24) is 0 Å². The minimum atomic E-state index is -0.359. The molecule has 2 aromatic rings. The van der Waals surface area contributed by atoms with Crippen molar-refractivity contribution in [3.8, 4) is 11.5 Å². The summed E-state index contributed by atoms with van der Waals surface area (Å²) in [5.41, 5.74) is 0.778. The van der Waals surface area contributed by atoms with Crippen LogP contribution in [0.25, 0.3) is 0 Å². The lowest BCUT2D eigenvalue weighted by molar-refractivity contribution is 0.102. The number of rotatable bonds is 3. The highest BCUT2D eigenvalue weighted by Crippen LogP contribution is 2.36. The molecule has 0 fully saturated rings. The van der Waals surface area contributed by atoms with E-state index in [1.165, 1.54) is 19.2 Å². The molecule has 0 aliphatic carbocycles. The Morgan fingerprint density at radius 1 is 1.14 bits per heavy atom. The van der Waals surface area contributed by atoms with E-state index in [1.54, 1.807) is 12.1 Å². The Morgan fingerprint density at radius 2 is 1.64 bits per heavy atom. The number of hydrogen-bond acceptors (Lipinski definition) is 3. The molecule has 1 amide bonds. The minimum Gasteiger partial charge on any atom is -0.505 e. The summed E-state index contributed by atoms with van der Waals surface area (Å²) < 4.78 is 6.46. The highest BCUT2D eigenvalue weighted by atomic mass is 79.9. The Kier molecular flexibility index (Phi) is 5.60. The van der Waals surface area contributed by atoms with E-state index in [0.717, 1.165) is 0 Å². The number of carbonyl (C=O) groups excluding carboxylic acids is 1. The molecule has 0 aliphatic rings. The fraction of sp³-hybridized carbons (Fsp3) is 0.0714. The summed E-state index contributed by atoms with van der Waals surface area (Å²) in [6.07, 6.45) is 0. The Labute approximate surface area is 153 Å². The Bertz CT molecular complexity index is 707. The zero-order valence-corrected chi connectivity index (χ0v) is 15.8. The number of benzene rings is 2. The highest BCUT2D eigenvalue weighted by Gasteiger charge is 2.14. The van der Waals surface area contributed by atoms with Gasteiger partial charge < -0.3 is 15.2 Å². The highest BCUT2D eigenvalue weighted by molar-refractivity contribution is 9.11. The van der Waals surface area contributed by atoms with Crippen LogP contribution in [0.15, 0.2) is 33.2 Å². The van der Waals surface area contributed by atoms with Gasteiger partial charge in [-0.15, -0.1) is 0 Å². The van der Waals surface area contributed by atoms with Gasteiger partial charge in [-0.2, -0.15) is 0 Å². The predicted octanol–water partition coefficient (Wildman–Crippen LogP) is 5.48. The van der Waals surface area contributed by atoms with Gasteiger partial charge in [0.05, 0.1) is 26.1 Å². The van der Waals surface area contributed by atoms with E-state index < -0.39 is 0 Å². The van der Waals surface area contributed by atoms with E-state index >= 15 is 0 Å². The number of carbonyl (C=O) groups is 1. The van der Waals surface area contributed by atoms with E-state index in [1.807, 2.05) is 0 Å². The molecular weight excluding hydrogens is 461 g/mol. The van der Waals surface area contributed by atoms with E-state index in [9.17, 15) is 9.90 Å². The fourth-order valence-electron chi connectivity index (χ4n) is 1.73. The van der Waals surface area contributed by atoms with Crippen molar-refractivity contribution in [2.45, 2.75) is 0 Å². The smallest absolute Gasteiger partial charge is 0.255 e. The zero-order chi connectivity index (χ0) is 16.4. The van der Waals surface area contributed by atoms with Crippen molar-refractivity contribution in [3.63, 3.8) is 0 Å². The first-order valence-electron chi connectivity index (χ1n) is 5.86. The van der Waals surface area contributed by atoms with Crippen molar-refractivity contribution >= 4 is 66.7 Å². The summed E-state index contributed by atoms with van der Waals surface area (Å²) in [5.74, 6) is 0.00502. The largest absolute Gasteiger partial charge is 0.505 e. The molecule has 0 aromatic heterocycles. The zero-order valence-electron chi connectivity index (χ0n) is 11.1. The van der Waals surface area contributed by atoms with Gasteiger partial charge in [0.2, 0.25) is 0 Å². The van der Waals surface area contributed by atoms with Crippen molar-refractivity contribution in [3.05, 3.63) is 48.8 Å². The summed E-state index contributed by atoms with van der Waals surface area (Å²) in [7, 11) is 1.53. The number of anilines is 1. The van der Waals surface area contributed by atoms with Gasteiger partial charge in [-0.1, -0.05) is 23.2 Å². The molecule has 0 spiro atoms. The first-order chi connectivity index (χ1) is 10.3. The van der Waals surface area contributed by atoms with Crippen LogP contribution in [0.1, 0.15) is 10.4 Å². The number of amides is 1. The molecule has 0 atom stereocenters. The molecule has 116 valence electrons. The number of nitrogens with one attached hydrogen (secondary N) is 1. The van der Waals surface area contributed by atoms with Crippen molar-refractivity contribution in [2.24, 2.45) is 0 Å². The van der Waals surface area contributed by atoms with Gasteiger partial charge in [0, 0.05) is 11.3 Å². The van der Waals surface area contributed by atoms with Crippen LogP contribution in [-0.2, 0) is 0 Å².